The van der Waals surface area contributed by atoms with E-state index >= 15 is 0 Å². The lowest BCUT2D eigenvalue weighted by atomic mass is 10.1. The minimum atomic E-state index is 0.0349. The van der Waals surface area contributed by atoms with Gasteiger partial charge in [0, 0.05) is 23.4 Å². The van der Waals surface area contributed by atoms with E-state index in [9.17, 15) is 4.79 Å². The van der Waals surface area contributed by atoms with Crippen LogP contribution in [0, 0.1) is 5.92 Å². The molecule has 0 radical (unpaired) electrons. The predicted molar refractivity (Wildman–Crippen MR) is 78.0 cm³/mol. The van der Waals surface area contributed by atoms with Crippen LogP contribution >= 0.6 is 15.9 Å². The van der Waals surface area contributed by atoms with E-state index in [0.29, 0.717) is 10.7 Å². The van der Waals surface area contributed by atoms with Gasteiger partial charge in [0.25, 0.3) is 5.91 Å². The van der Waals surface area contributed by atoms with Crippen molar-refractivity contribution >= 4 is 21.8 Å². The van der Waals surface area contributed by atoms with Crippen molar-refractivity contribution in [3.63, 3.8) is 0 Å². The van der Waals surface area contributed by atoms with Crippen molar-refractivity contribution in [1.82, 2.24) is 5.32 Å². The molecule has 1 fully saturated rings. The number of hydrogen-bond donors (Lipinski definition) is 1. The Bertz CT molecular complexity index is 489. The van der Waals surface area contributed by atoms with Gasteiger partial charge in [0.15, 0.2) is 0 Å². The number of rotatable bonds is 3. The van der Waals surface area contributed by atoms with Crippen LogP contribution in [0.5, 0.6) is 5.75 Å². The highest BCUT2D eigenvalue weighted by molar-refractivity contribution is 9.09. The van der Waals surface area contributed by atoms with Crippen LogP contribution in [0.15, 0.2) is 18.2 Å². The van der Waals surface area contributed by atoms with Crippen LogP contribution in [0.25, 0.3) is 0 Å². The maximum absolute atomic E-state index is 12.1. The number of nitrogens with one attached hydrogen (secondary N) is 1. The van der Waals surface area contributed by atoms with Crippen LogP contribution in [0.4, 0.5) is 0 Å². The molecule has 4 heteroatoms. The Balaban J connectivity index is 1.58. The molecular formula is C15H18BrNO2. The van der Waals surface area contributed by atoms with Crippen molar-refractivity contribution in [3.05, 3.63) is 29.3 Å². The van der Waals surface area contributed by atoms with Crippen molar-refractivity contribution in [2.75, 3.05) is 13.2 Å². The van der Waals surface area contributed by atoms with E-state index in [1.165, 1.54) is 12.8 Å². The third kappa shape index (κ3) is 2.94. The molecular weight excluding hydrogens is 306 g/mol. The number of amides is 1. The molecule has 1 aliphatic carbocycles. The Kier molecular flexibility index (Phi) is 3.78. The fraction of sp³-hybridized carbons (Fsp3) is 0.533. The van der Waals surface area contributed by atoms with Gasteiger partial charge in [0.05, 0.1) is 6.61 Å². The number of carbonyl (C=O) groups excluding carboxylic acids is 1. The lowest BCUT2D eigenvalue weighted by Crippen LogP contribution is -2.28. The molecule has 3 rings (SSSR count). The van der Waals surface area contributed by atoms with Gasteiger partial charge in [-0.3, -0.25) is 4.79 Å². The average Bonchev–Trinajstić information content (AvgIpc) is 3.03. The Hall–Kier alpha value is -1.03. The number of halogens is 1. The second-order valence-electron chi connectivity index (χ2n) is 5.41. The summed E-state index contributed by atoms with van der Waals surface area (Å²) in [6.45, 7) is 1.52. The maximum atomic E-state index is 12.1. The highest BCUT2D eigenvalue weighted by Gasteiger charge is 2.23. The van der Waals surface area contributed by atoms with Gasteiger partial charge in [-0.15, -0.1) is 0 Å². The Labute approximate surface area is 121 Å². The molecule has 2 atom stereocenters. The average molecular weight is 324 g/mol. The number of benzene rings is 1. The molecule has 1 saturated carbocycles. The summed E-state index contributed by atoms with van der Waals surface area (Å²) in [5.41, 5.74) is 1.90. The minimum Gasteiger partial charge on any atom is -0.493 e. The summed E-state index contributed by atoms with van der Waals surface area (Å²) in [5, 5.41) is 3.05. The lowest BCUT2D eigenvalue weighted by molar-refractivity contribution is 0.0947. The van der Waals surface area contributed by atoms with E-state index in [4.69, 9.17) is 4.74 Å². The summed E-state index contributed by atoms with van der Waals surface area (Å²) in [6, 6.07) is 5.71. The van der Waals surface area contributed by atoms with Gasteiger partial charge in [-0.2, -0.15) is 0 Å². The summed E-state index contributed by atoms with van der Waals surface area (Å²) in [7, 11) is 0. The zero-order valence-corrected chi connectivity index (χ0v) is 12.4. The zero-order chi connectivity index (χ0) is 13.2. The molecule has 1 heterocycles. The predicted octanol–water partition coefficient (Wildman–Crippen LogP) is 2.91. The first kappa shape index (κ1) is 13.0. The molecule has 0 bridgehead atoms. The Morgan fingerprint density at radius 1 is 1.42 bits per heavy atom. The number of ether oxygens (including phenoxy) is 1. The molecule has 1 aliphatic heterocycles. The summed E-state index contributed by atoms with van der Waals surface area (Å²) < 4.78 is 5.45. The van der Waals surface area contributed by atoms with Crippen molar-refractivity contribution in [1.29, 1.82) is 0 Å². The van der Waals surface area contributed by atoms with Gasteiger partial charge in [0.2, 0.25) is 0 Å². The largest absolute Gasteiger partial charge is 0.493 e. The topological polar surface area (TPSA) is 38.3 Å². The highest BCUT2D eigenvalue weighted by Crippen LogP contribution is 2.30. The van der Waals surface area contributed by atoms with Gasteiger partial charge >= 0.3 is 0 Å². The smallest absolute Gasteiger partial charge is 0.251 e. The van der Waals surface area contributed by atoms with Gasteiger partial charge in [-0.1, -0.05) is 15.9 Å². The Morgan fingerprint density at radius 3 is 3.11 bits per heavy atom. The molecule has 19 heavy (non-hydrogen) atoms. The number of alkyl halides is 1. The van der Waals surface area contributed by atoms with Crippen molar-refractivity contribution in [2.45, 2.75) is 30.5 Å². The fourth-order valence-electron chi connectivity index (χ4n) is 2.87. The van der Waals surface area contributed by atoms with Gasteiger partial charge in [-0.25, -0.2) is 0 Å². The fourth-order valence-corrected chi connectivity index (χ4v) is 3.66. The van der Waals surface area contributed by atoms with E-state index in [2.05, 4.69) is 21.2 Å². The van der Waals surface area contributed by atoms with E-state index in [1.54, 1.807) is 0 Å². The maximum Gasteiger partial charge on any atom is 0.251 e. The van der Waals surface area contributed by atoms with Crippen molar-refractivity contribution in [3.8, 4) is 5.75 Å². The standard InChI is InChI=1S/C15H18BrNO2/c16-13-3-1-10(7-13)9-17-15(18)12-2-4-14-11(8-12)5-6-19-14/h2,4,8,10,13H,1,3,5-7,9H2,(H,17,18). The van der Waals surface area contributed by atoms with Gasteiger partial charge in [-0.05, 0) is 48.9 Å². The summed E-state index contributed by atoms with van der Waals surface area (Å²) in [6.07, 6.45) is 4.49. The second-order valence-corrected chi connectivity index (χ2v) is 6.70. The monoisotopic (exact) mass is 323 g/mol. The lowest BCUT2D eigenvalue weighted by Gasteiger charge is -2.11. The van der Waals surface area contributed by atoms with Crippen molar-refractivity contribution < 1.29 is 9.53 Å². The first-order valence-corrected chi connectivity index (χ1v) is 7.82. The third-order valence-corrected chi connectivity index (χ3v) is 4.81. The normalized spacial score (nSPS) is 24.9. The highest BCUT2D eigenvalue weighted by atomic mass is 79.9. The Morgan fingerprint density at radius 2 is 2.32 bits per heavy atom. The molecule has 0 aromatic heterocycles. The van der Waals surface area contributed by atoms with Crippen molar-refractivity contribution in [2.24, 2.45) is 5.92 Å². The van der Waals surface area contributed by atoms with Crippen LogP contribution < -0.4 is 10.1 Å². The molecule has 1 aromatic carbocycles. The second kappa shape index (κ2) is 5.53. The SMILES string of the molecule is O=C(NCC1CCC(Br)C1)c1ccc2c(c1)CCO2. The van der Waals surface area contributed by atoms with Gasteiger partial charge in [0.1, 0.15) is 5.75 Å². The van der Waals surface area contributed by atoms with Crippen LogP contribution in [0.3, 0.4) is 0 Å². The first-order chi connectivity index (χ1) is 9.22. The number of fused-ring (bicyclic) bond motifs is 1. The van der Waals surface area contributed by atoms with E-state index in [0.717, 1.165) is 42.9 Å². The number of hydrogen-bond acceptors (Lipinski definition) is 2. The van der Waals surface area contributed by atoms with Crippen LogP contribution in [-0.4, -0.2) is 23.9 Å². The summed E-state index contributed by atoms with van der Waals surface area (Å²) in [5.74, 6) is 1.58. The molecule has 2 unspecified atom stereocenters. The molecule has 1 N–H and O–H groups in total. The quantitative estimate of drug-likeness (QED) is 0.868. The third-order valence-electron chi connectivity index (χ3n) is 3.98. The molecule has 3 nitrogen and oxygen atoms in total. The van der Waals surface area contributed by atoms with Crippen LogP contribution in [0.2, 0.25) is 0 Å². The summed E-state index contributed by atoms with van der Waals surface area (Å²) in [4.78, 5) is 12.8. The molecule has 2 aliphatic rings. The molecule has 102 valence electrons. The van der Waals surface area contributed by atoms with E-state index < -0.39 is 0 Å². The molecule has 0 saturated heterocycles. The van der Waals surface area contributed by atoms with E-state index in [1.807, 2.05) is 18.2 Å². The van der Waals surface area contributed by atoms with Crippen LogP contribution in [0.1, 0.15) is 35.2 Å². The molecule has 1 amide bonds. The minimum absolute atomic E-state index is 0.0349. The van der Waals surface area contributed by atoms with Crippen LogP contribution in [-0.2, 0) is 6.42 Å². The van der Waals surface area contributed by atoms with E-state index in [-0.39, 0.29) is 5.91 Å². The first-order valence-electron chi connectivity index (χ1n) is 6.90. The molecule has 1 aromatic rings. The van der Waals surface area contributed by atoms with Gasteiger partial charge < -0.3 is 10.1 Å². The molecule has 0 spiro atoms. The number of carbonyl (C=O) groups is 1. The zero-order valence-electron chi connectivity index (χ0n) is 10.8. The summed E-state index contributed by atoms with van der Waals surface area (Å²) >= 11 is 3.64.